The molecule has 0 fully saturated rings. The highest BCUT2D eigenvalue weighted by atomic mass is 19.4. The summed E-state index contributed by atoms with van der Waals surface area (Å²) in [7, 11) is 0. The monoisotopic (exact) mass is 269 g/mol. The van der Waals surface area contributed by atoms with Crippen LogP contribution < -0.4 is 0 Å². The van der Waals surface area contributed by atoms with Gasteiger partial charge in [0, 0.05) is 6.08 Å². The second-order valence-corrected chi connectivity index (χ2v) is 3.50. The molecule has 0 amide bonds. The van der Waals surface area contributed by atoms with Crippen molar-refractivity contribution >= 4 is 12.0 Å². The maximum Gasteiger partial charge on any atom is 0.416 e. The van der Waals surface area contributed by atoms with Crippen molar-refractivity contribution in [2.45, 2.75) is 13.1 Å². The summed E-state index contributed by atoms with van der Waals surface area (Å²) in [6, 6.07) is 4.39. The molecule has 19 heavy (non-hydrogen) atoms. The van der Waals surface area contributed by atoms with Gasteiger partial charge < -0.3 is 4.74 Å². The minimum atomic E-state index is -4.50. The van der Waals surface area contributed by atoms with Gasteiger partial charge in [-0.15, -0.1) is 0 Å². The van der Waals surface area contributed by atoms with Crippen molar-refractivity contribution in [3.63, 3.8) is 0 Å². The van der Waals surface area contributed by atoms with E-state index in [-0.39, 0.29) is 17.7 Å². The van der Waals surface area contributed by atoms with E-state index in [1.165, 1.54) is 6.08 Å². The zero-order valence-corrected chi connectivity index (χ0v) is 9.99. The van der Waals surface area contributed by atoms with Crippen LogP contribution in [-0.2, 0) is 15.7 Å². The van der Waals surface area contributed by atoms with Crippen LogP contribution in [0.25, 0.3) is 6.08 Å². The molecule has 0 saturated heterocycles. The fraction of sp³-hybridized carbons (Fsp3) is 0.231. The molecule has 0 aliphatic carbocycles. The maximum absolute atomic E-state index is 12.4. The molecule has 0 spiro atoms. The topological polar surface area (TPSA) is 50.1 Å². The van der Waals surface area contributed by atoms with Crippen LogP contribution in [0.4, 0.5) is 13.2 Å². The molecule has 0 aliphatic heterocycles. The molecule has 0 atom stereocenters. The fourth-order valence-electron chi connectivity index (χ4n) is 1.32. The van der Waals surface area contributed by atoms with E-state index in [1.807, 2.05) is 0 Å². The molecular weight excluding hydrogens is 259 g/mol. The van der Waals surface area contributed by atoms with Gasteiger partial charge in [-0.1, -0.05) is 6.07 Å². The van der Waals surface area contributed by atoms with Crippen LogP contribution in [0.15, 0.2) is 24.3 Å². The normalized spacial score (nSPS) is 11.3. The van der Waals surface area contributed by atoms with Gasteiger partial charge in [0.25, 0.3) is 0 Å². The summed E-state index contributed by atoms with van der Waals surface area (Å²) in [5.41, 5.74) is -0.837. The molecule has 0 unspecified atom stereocenters. The summed E-state index contributed by atoms with van der Waals surface area (Å²) in [6.07, 6.45) is -2.20. The molecule has 0 aliphatic rings. The van der Waals surface area contributed by atoms with Crippen LogP contribution in [0.3, 0.4) is 0 Å². The van der Waals surface area contributed by atoms with E-state index in [9.17, 15) is 18.0 Å². The molecular formula is C13H10F3NO2. The lowest BCUT2D eigenvalue weighted by Gasteiger charge is -2.07. The first-order valence-corrected chi connectivity index (χ1v) is 5.34. The summed E-state index contributed by atoms with van der Waals surface area (Å²) in [5.74, 6) is -0.619. The second-order valence-electron chi connectivity index (χ2n) is 3.50. The number of esters is 1. The molecule has 0 heterocycles. The first-order chi connectivity index (χ1) is 8.88. The van der Waals surface area contributed by atoms with Crippen molar-refractivity contribution in [3.8, 4) is 6.07 Å². The molecule has 1 aromatic rings. The van der Waals surface area contributed by atoms with Gasteiger partial charge in [-0.25, -0.2) is 4.79 Å². The zero-order chi connectivity index (χ0) is 14.5. The van der Waals surface area contributed by atoms with Crippen molar-refractivity contribution in [3.05, 3.63) is 41.0 Å². The first kappa shape index (κ1) is 14.8. The Morgan fingerprint density at radius 2 is 2.16 bits per heavy atom. The number of halogens is 3. The van der Waals surface area contributed by atoms with Gasteiger partial charge in [0.15, 0.2) is 0 Å². The van der Waals surface area contributed by atoms with Gasteiger partial charge >= 0.3 is 12.1 Å². The van der Waals surface area contributed by atoms with E-state index in [4.69, 9.17) is 5.26 Å². The Bertz CT molecular complexity index is 542. The Kier molecular flexibility index (Phi) is 4.70. The van der Waals surface area contributed by atoms with E-state index in [0.29, 0.717) is 0 Å². The van der Waals surface area contributed by atoms with Crippen molar-refractivity contribution in [1.82, 2.24) is 0 Å². The number of alkyl halides is 3. The van der Waals surface area contributed by atoms with Crippen LogP contribution in [0, 0.1) is 11.3 Å². The Hall–Kier alpha value is -2.29. The molecule has 0 N–H and O–H groups in total. The predicted molar refractivity (Wildman–Crippen MR) is 61.8 cm³/mol. The molecule has 1 rings (SSSR count). The van der Waals surface area contributed by atoms with Gasteiger partial charge in [0.1, 0.15) is 0 Å². The third kappa shape index (κ3) is 4.14. The van der Waals surface area contributed by atoms with Crippen molar-refractivity contribution in [2.24, 2.45) is 0 Å². The van der Waals surface area contributed by atoms with Gasteiger partial charge in [0.2, 0.25) is 0 Å². The van der Waals surface area contributed by atoms with Gasteiger partial charge in [-0.2, -0.15) is 18.4 Å². The Labute approximate surface area is 107 Å². The van der Waals surface area contributed by atoms with Gasteiger partial charge in [-0.3, -0.25) is 0 Å². The Morgan fingerprint density at radius 3 is 2.68 bits per heavy atom. The van der Waals surface area contributed by atoms with Crippen LogP contribution >= 0.6 is 0 Å². The molecule has 0 bridgehead atoms. The van der Waals surface area contributed by atoms with E-state index in [0.717, 1.165) is 24.3 Å². The highest BCUT2D eigenvalue weighted by Crippen LogP contribution is 2.30. The molecule has 0 radical (unpaired) electrons. The van der Waals surface area contributed by atoms with Crippen LogP contribution in [-0.4, -0.2) is 12.6 Å². The molecule has 6 heteroatoms. The Morgan fingerprint density at radius 1 is 1.47 bits per heavy atom. The number of nitrogens with zero attached hydrogens (tertiary/aromatic N) is 1. The van der Waals surface area contributed by atoms with Gasteiger partial charge in [-0.05, 0) is 30.7 Å². The molecule has 100 valence electrons. The highest BCUT2D eigenvalue weighted by molar-refractivity contribution is 5.87. The number of carbonyl (C=O) groups excluding carboxylic acids is 1. The SMILES string of the molecule is CCOC(=O)C=Cc1ccc(C(F)(F)F)cc1C#N. The van der Waals surface area contributed by atoms with Crippen LogP contribution in [0.1, 0.15) is 23.6 Å². The van der Waals surface area contributed by atoms with Crippen molar-refractivity contribution < 1.29 is 22.7 Å². The average Bonchev–Trinajstić information content (AvgIpc) is 2.35. The third-order valence-corrected chi connectivity index (χ3v) is 2.19. The standard InChI is InChI=1S/C13H10F3NO2/c1-2-19-12(18)6-4-9-3-5-11(13(14,15)16)7-10(9)8-17/h3-7H,2H2,1H3. The summed E-state index contributed by atoms with van der Waals surface area (Å²) in [6.45, 7) is 1.83. The zero-order valence-electron chi connectivity index (χ0n) is 9.99. The predicted octanol–water partition coefficient (Wildman–Crippen LogP) is 3.15. The Balaban J connectivity index is 3.05. The summed E-state index contributed by atoms with van der Waals surface area (Å²) >= 11 is 0. The fourth-order valence-corrected chi connectivity index (χ4v) is 1.32. The third-order valence-electron chi connectivity index (χ3n) is 2.19. The van der Waals surface area contributed by atoms with Crippen molar-refractivity contribution in [2.75, 3.05) is 6.61 Å². The molecule has 0 aromatic heterocycles. The number of benzene rings is 1. The van der Waals surface area contributed by atoms with E-state index in [2.05, 4.69) is 4.74 Å². The highest BCUT2D eigenvalue weighted by Gasteiger charge is 2.30. The smallest absolute Gasteiger partial charge is 0.416 e. The number of carbonyl (C=O) groups is 1. The lowest BCUT2D eigenvalue weighted by atomic mass is 10.0. The first-order valence-electron chi connectivity index (χ1n) is 5.34. The van der Waals surface area contributed by atoms with Gasteiger partial charge in [0.05, 0.1) is 23.8 Å². The van der Waals surface area contributed by atoms with E-state index < -0.39 is 17.7 Å². The largest absolute Gasteiger partial charge is 0.463 e. The lowest BCUT2D eigenvalue weighted by Crippen LogP contribution is -2.05. The second kappa shape index (κ2) is 6.05. The van der Waals surface area contributed by atoms with E-state index >= 15 is 0 Å². The number of nitriles is 1. The minimum Gasteiger partial charge on any atom is -0.463 e. The number of hydrogen-bond acceptors (Lipinski definition) is 3. The molecule has 0 saturated carbocycles. The van der Waals surface area contributed by atoms with Crippen LogP contribution in [0.5, 0.6) is 0 Å². The van der Waals surface area contributed by atoms with Crippen LogP contribution in [0.2, 0.25) is 0 Å². The quantitative estimate of drug-likeness (QED) is 0.625. The van der Waals surface area contributed by atoms with E-state index in [1.54, 1.807) is 13.0 Å². The lowest BCUT2D eigenvalue weighted by molar-refractivity contribution is -0.138. The minimum absolute atomic E-state index is 0.157. The number of hydrogen-bond donors (Lipinski definition) is 0. The number of rotatable bonds is 3. The summed E-state index contributed by atoms with van der Waals surface area (Å²) < 4.78 is 42.0. The number of ether oxygens (including phenoxy) is 1. The average molecular weight is 269 g/mol. The van der Waals surface area contributed by atoms with Crippen molar-refractivity contribution in [1.29, 1.82) is 5.26 Å². The molecule has 3 nitrogen and oxygen atoms in total. The summed E-state index contributed by atoms with van der Waals surface area (Å²) in [5, 5.41) is 8.81. The summed E-state index contributed by atoms with van der Waals surface area (Å²) in [4.78, 5) is 11.1. The maximum atomic E-state index is 12.4. The molecule has 1 aromatic carbocycles.